The van der Waals surface area contributed by atoms with E-state index >= 15 is 0 Å². The summed E-state index contributed by atoms with van der Waals surface area (Å²) in [4.78, 5) is 15.2. The number of aliphatic imine (C=N–C) groups is 1. The number of hydrogen-bond donors (Lipinski definition) is 1. The van der Waals surface area contributed by atoms with E-state index in [2.05, 4.69) is 70.1 Å². The summed E-state index contributed by atoms with van der Waals surface area (Å²) in [6.07, 6.45) is 0. The van der Waals surface area contributed by atoms with Gasteiger partial charge in [0.2, 0.25) is 0 Å². The minimum Gasteiger partial charge on any atom is -0.350 e. The molecule has 1 N–H and O–H groups in total. The van der Waals surface area contributed by atoms with Gasteiger partial charge in [-0.25, -0.2) is 4.98 Å². The van der Waals surface area contributed by atoms with Crippen LogP contribution in [-0.2, 0) is 13.1 Å². The van der Waals surface area contributed by atoms with Crippen LogP contribution in [0, 0.1) is 20.8 Å². The van der Waals surface area contributed by atoms with Crippen molar-refractivity contribution < 1.29 is 0 Å². The second-order valence-corrected chi connectivity index (χ2v) is 8.19. The lowest BCUT2D eigenvalue weighted by atomic mass is 10.1. The number of nitrogens with one attached hydrogen (secondary N) is 1. The van der Waals surface area contributed by atoms with Crippen LogP contribution in [0.15, 0.2) is 29.3 Å². The molecule has 1 fully saturated rings. The van der Waals surface area contributed by atoms with Crippen molar-refractivity contribution >= 4 is 41.3 Å². The van der Waals surface area contributed by atoms with Crippen molar-refractivity contribution in [2.24, 2.45) is 4.99 Å². The smallest absolute Gasteiger partial charge is 0.194 e. The van der Waals surface area contributed by atoms with Gasteiger partial charge in [0.05, 0.1) is 12.2 Å². The number of benzene rings is 1. The molecule has 2 aromatic rings. The number of aryl methyl sites for hydroxylation is 3. The van der Waals surface area contributed by atoms with Gasteiger partial charge in [0.25, 0.3) is 0 Å². The van der Waals surface area contributed by atoms with Gasteiger partial charge < -0.3 is 10.2 Å². The Balaban J connectivity index is 0.00000261. The van der Waals surface area contributed by atoms with Crippen LogP contribution in [0.3, 0.4) is 0 Å². The molecule has 0 saturated carbocycles. The average molecular weight is 499 g/mol. The molecular weight excluding hydrogens is 469 g/mol. The van der Waals surface area contributed by atoms with Gasteiger partial charge in [-0.1, -0.05) is 29.8 Å². The zero-order valence-electron chi connectivity index (χ0n) is 16.7. The molecule has 2 heterocycles. The van der Waals surface area contributed by atoms with Crippen LogP contribution in [0.25, 0.3) is 0 Å². The molecule has 1 aliphatic heterocycles. The van der Waals surface area contributed by atoms with Crippen molar-refractivity contribution in [2.45, 2.75) is 33.9 Å². The van der Waals surface area contributed by atoms with Crippen molar-refractivity contribution in [3.8, 4) is 0 Å². The van der Waals surface area contributed by atoms with Gasteiger partial charge in [-0.15, -0.1) is 35.3 Å². The number of halogens is 1. The number of rotatable bonds is 4. The number of hydrogen-bond acceptors (Lipinski definition) is 4. The minimum atomic E-state index is 0. The molecule has 3 rings (SSSR count). The summed E-state index contributed by atoms with van der Waals surface area (Å²) >= 11 is 1.76. The van der Waals surface area contributed by atoms with Crippen molar-refractivity contribution in [3.05, 3.63) is 51.0 Å². The first-order valence-corrected chi connectivity index (χ1v) is 10.0. The first-order chi connectivity index (χ1) is 12.5. The molecule has 0 aliphatic carbocycles. The molecular formula is C20H30IN5S. The number of guanidine groups is 1. The predicted molar refractivity (Wildman–Crippen MR) is 125 cm³/mol. The lowest BCUT2D eigenvalue weighted by Crippen LogP contribution is -2.52. The molecule has 1 saturated heterocycles. The monoisotopic (exact) mass is 499 g/mol. The fourth-order valence-corrected chi connectivity index (χ4v) is 4.16. The summed E-state index contributed by atoms with van der Waals surface area (Å²) in [5.41, 5.74) is 3.86. The number of aromatic nitrogens is 1. The largest absolute Gasteiger partial charge is 0.350 e. The fraction of sp³-hybridized carbons (Fsp3) is 0.500. The summed E-state index contributed by atoms with van der Waals surface area (Å²) in [5.74, 6) is 0.978. The Morgan fingerprint density at radius 1 is 1.19 bits per heavy atom. The molecule has 1 aliphatic rings. The van der Waals surface area contributed by atoms with E-state index in [-0.39, 0.29) is 24.0 Å². The zero-order valence-corrected chi connectivity index (χ0v) is 19.8. The van der Waals surface area contributed by atoms with E-state index in [4.69, 9.17) is 0 Å². The third-order valence-electron chi connectivity index (χ3n) is 4.84. The van der Waals surface area contributed by atoms with E-state index < -0.39 is 0 Å². The van der Waals surface area contributed by atoms with Gasteiger partial charge in [-0.05, 0) is 26.3 Å². The summed E-state index contributed by atoms with van der Waals surface area (Å²) in [6, 6.07) is 8.81. The van der Waals surface area contributed by atoms with Gasteiger partial charge in [-0.2, -0.15) is 0 Å². The van der Waals surface area contributed by atoms with E-state index in [1.54, 1.807) is 11.3 Å². The van der Waals surface area contributed by atoms with Gasteiger partial charge in [-0.3, -0.25) is 9.89 Å². The number of nitrogens with zero attached hydrogens (tertiary/aromatic N) is 4. The minimum absolute atomic E-state index is 0. The van der Waals surface area contributed by atoms with Crippen LogP contribution in [0.1, 0.15) is 26.7 Å². The normalized spacial score (nSPS) is 15.6. The standard InChI is InChI=1S/C20H29N5S.HI/c1-15-6-5-7-18(12-15)14-24-8-10-25(11-9-24)20(21-4)22-13-19-23-16(2)17(3)26-19;/h5-7,12H,8-11,13-14H2,1-4H3,(H,21,22);1H. The van der Waals surface area contributed by atoms with Crippen LogP contribution < -0.4 is 5.32 Å². The van der Waals surface area contributed by atoms with Crippen LogP contribution in [0.5, 0.6) is 0 Å². The Kier molecular flexibility index (Phi) is 8.50. The molecule has 0 atom stereocenters. The summed E-state index contributed by atoms with van der Waals surface area (Å²) < 4.78 is 0. The van der Waals surface area contributed by atoms with Gasteiger partial charge in [0, 0.05) is 44.6 Å². The summed E-state index contributed by atoms with van der Waals surface area (Å²) in [7, 11) is 1.86. The van der Waals surface area contributed by atoms with Crippen LogP contribution in [-0.4, -0.2) is 54.0 Å². The van der Waals surface area contributed by atoms with E-state index in [9.17, 15) is 0 Å². The van der Waals surface area contributed by atoms with Gasteiger partial charge in [0.15, 0.2) is 5.96 Å². The Hall–Kier alpha value is -1.19. The van der Waals surface area contributed by atoms with Crippen LogP contribution in [0.4, 0.5) is 0 Å². The maximum absolute atomic E-state index is 4.60. The zero-order chi connectivity index (χ0) is 18.5. The molecule has 0 spiro atoms. The molecule has 148 valence electrons. The highest BCUT2D eigenvalue weighted by molar-refractivity contribution is 14.0. The number of piperazine rings is 1. The Bertz CT molecular complexity index is 746. The lowest BCUT2D eigenvalue weighted by molar-refractivity contribution is 0.172. The lowest BCUT2D eigenvalue weighted by Gasteiger charge is -2.36. The predicted octanol–water partition coefficient (Wildman–Crippen LogP) is 3.58. The highest BCUT2D eigenvalue weighted by Crippen LogP contribution is 2.16. The average Bonchev–Trinajstić information content (AvgIpc) is 2.95. The quantitative estimate of drug-likeness (QED) is 0.397. The maximum atomic E-state index is 4.60. The second-order valence-electron chi connectivity index (χ2n) is 6.90. The molecule has 0 bridgehead atoms. The maximum Gasteiger partial charge on any atom is 0.194 e. The molecule has 7 heteroatoms. The molecule has 1 aromatic heterocycles. The molecule has 5 nitrogen and oxygen atoms in total. The third-order valence-corrected chi connectivity index (χ3v) is 5.92. The van der Waals surface area contributed by atoms with Gasteiger partial charge in [0.1, 0.15) is 5.01 Å². The fourth-order valence-electron chi connectivity index (χ4n) is 3.29. The van der Waals surface area contributed by atoms with E-state index in [0.717, 1.165) is 55.9 Å². The first kappa shape index (κ1) is 22.1. The Morgan fingerprint density at radius 2 is 1.93 bits per heavy atom. The van der Waals surface area contributed by atoms with Crippen molar-refractivity contribution in [3.63, 3.8) is 0 Å². The summed E-state index contributed by atoms with van der Waals surface area (Å²) in [6.45, 7) is 12.2. The Labute approximate surface area is 183 Å². The number of thiazole rings is 1. The van der Waals surface area contributed by atoms with E-state index in [0.29, 0.717) is 0 Å². The topological polar surface area (TPSA) is 43.8 Å². The highest BCUT2D eigenvalue weighted by atomic mass is 127. The first-order valence-electron chi connectivity index (χ1n) is 9.21. The summed E-state index contributed by atoms with van der Waals surface area (Å²) in [5, 5.41) is 4.60. The van der Waals surface area contributed by atoms with Crippen molar-refractivity contribution in [2.75, 3.05) is 33.2 Å². The van der Waals surface area contributed by atoms with E-state index in [1.165, 1.54) is 16.0 Å². The second kappa shape index (κ2) is 10.4. The molecule has 27 heavy (non-hydrogen) atoms. The Morgan fingerprint density at radius 3 is 2.52 bits per heavy atom. The van der Waals surface area contributed by atoms with E-state index in [1.807, 2.05) is 7.05 Å². The molecule has 1 aromatic carbocycles. The molecule has 0 radical (unpaired) electrons. The van der Waals surface area contributed by atoms with Crippen molar-refractivity contribution in [1.82, 2.24) is 20.1 Å². The van der Waals surface area contributed by atoms with Crippen LogP contribution in [0.2, 0.25) is 0 Å². The van der Waals surface area contributed by atoms with Gasteiger partial charge >= 0.3 is 0 Å². The van der Waals surface area contributed by atoms with Crippen LogP contribution >= 0.6 is 35.3 Å². The molecule has 0 amide bonds. The third kappa shape index (κ3) is 6.15. The highest BCUT2D eigenvalue weighted by Gasteiger charge is 2.20. The molecule has 0 unspecified atom stereocenters. The SMILES string of the molecule is CN=C(NCc1nc(C)c(C)s1)N1CCN(Cc2cccc(C)c2)CC1.I. The van der Waals surface area contributed by atoms with Crippen molar-refractivity contribution in [1.29, 1.82) is 0 Å².